The van der Waals surface area contributed by atoms with Crippen LogP contribution in [0.3, 0.4) is 0 Å². The number of rotatable bonds is 3. The summed E-state index contributed by atoms with van der Waals surface area (Å²) in [5, 5.41) is 7.00. The molecule has 0 saturated carbocycles. The van der Waals surface area contributed by atoms with Gasteiger partial charge in [-0.15, -0.1) is 11.8 Å². The zero-order chi connectivity index (χ0) is 13.8. The zero-order valence-corrected chi connectivity index (χ0v) is 12.8. The summed E-state index contributed by atoms with van der Waals surface area (Å²) in [7, 11) is 0. The molecule has 0 unspecified atom stereocenters. The summed E-state index contributed by atoms with van der Waals surface area (Å²) < 4.78 is 0. The van der Waals surface area contributed by atoms with Crippen LogP contribution in [0.5, 0.6) is 0 Å². The van der Waals surface area contributed by atoms with Gasteiger partial charge in [0.25, 0.3) is 0 Å². The number of amides is 1. The highest BCUT2D eigenvalue weighted by Gasteiger charge is 2.24. The molecular formula is C14H19ClN2OS. The van der Waals surface area contributed by atoms with E-state index < -0.39 is 0 Å². The Labute approximate surface area is 123 Å². The smallest absolute Gasteiger partial charge is 0.227 e. The van der Waals surface area contributed by atoms with E-state index >= 15 is 0 Å². The average molecular weight is 299 g/mol. The summed E-state index contributed by atoms with van der Waals surface area (Å²) in [5.41, 5.74) is 0.777. The number of nitrogens with one attached hydrogen (secondary N) is 2. The van der Waals surface area contributed by atoms with Crippen LogP contribution < -0.4 is 10.6 Å². The van der Waals surface area contributed by atoms with Gasteiger partial charge in [-0.05, 0) is 50.8 Å². The number of anilines is 1. The molecule has 19 heavy (non-hydrogen) atoms. The molecule has 2 rings (SSSR count). The van der Waals surface area contributed by atoms with Gasteiger partial charge in [0.15, 0.2) is 0 Å². The molecule has 104 valence electrons. The van der Waals surface area contributed by atoms with E-state index in [-0.39, 0.29) is 11.8 Å². The number of hydrogen-bond acceptors (Lipinski definition) is 3. The van der Waals surface area contributed by atoms with Crippen molar-refractivity contribution < 1.29 is 4.79 Å². The molecule has 3 nitrogen and oxygen atoms in total. The molecule has 0 bridgehead atoms. The molecule has 1 fully saturated rings. The first-order chi connectivity index (χ1) is 9.10. The van der Waals surface area contributed by atoms with Gasteiger partial charge in [-0.1, -0.05) is 11.6 Å². The van der Waals surface area contributed by atoms with Gasteiger partial charge in [0.05, 0.1) is 5.02 Å². The van der Waals surface area contributed by atoms with E-state index in [1.165, 1.54) is 0 Å². The van der Waals surface area contributed by atoms with E-state index in [4.69, 9.17) is 11.6 Å². The fraction of sp³-hybridized carbons (Fsp3) is 0.500. The Morgan fingerprint density at radius 2 is 2.32 bits per heavy atom. The van der Waals surface area contributed by atoms with Crippen LogP contribution in [0.15, 0.2) is 23.1 Å². The molecule has 0 spiro atoms. The lowest BCUT2D eigenvalue weighted by Gasteiger charge is -2.27. The number of thioether (sulfide) groups is 1. The van der Waals surface area contributed by atoms with Gasteiger partial charge in [-0.25, -0.2) is 0 Å². The number of hydrogen-bond donors (Lipinski definition) is 2. The topological polar surface area (TPSA) is 41.1 Å². The lowest BCUT2D eigenvalue weighted by atomic mass is 9.92. The summed E-state index contributed by atoms with van der Waals surface area (Å²) in [5.74, 6) is 0.191. The summed E-state index contributed by atoms with van der Waals surface area (Å²) in [6.45, 7) is 3.02. The monoisotopic (exact) mass is 298 g/mol. The first kappa shape index (κ1) is 14.7. The third kappa shape index (κ3) is 3.88. The number of carbonyl (C=O) groups excluding carboxylic acids is 1. The van der Waals surface area contributed by atoms with Crippen molar-refractivity contribution in [3.05, 3.63) is 23.2 Å². The first-order valence-corrected chi connectivity index (χ1v) is 8.08. The zero-order valence-electron chi connectivity index (χ0n) is 11.2. The minimum Gasteiger partial charge on any atom is -0.326 e. The van der Waals surface area contributed by atoms with Gasteiger partial charge >= 0.3 is 0 Å². The van der Waals surface area contributed by atoms with Crippen molar-refractivity contribution in [2.75, 3.05) is 18.1 Å². The SMILES string of the molecule is CSc1ccc(NC(=O)[C@H]2CCN[C@@H](C)C2)cc1Cl. The molecular weight excluding hydrogens is 280 g/mol. The Morgan fingerprint density at radius 3 is 2.95 bits per heavy atom. The minimum atomic E-state index is 0.0928. The van der Waals surface area contributed by atoms with Gasteiger partial charge in [0.2, 0.25) is 5.91 Å². The average Bonchev–Trinajstić information content (AvgIpc) is 2.39. The maximum absolute atomic E-state index is 12.2. The molecule has 1 saturated heterocycles. The van der Waals surface area contributed by atoms with Crippen molar-refractivity contribution in [3.63, 3.8) is 0 Å². The number of halogens is 1. The maximum Gasteiger partial charge on any atom is 0.227 e. The standard InChI is InChI=1S/C14H19ClN2OS/c1-9-7-10(5-6-16-9)14(18)17-11-3-4-13(19-2)12(15)8-11/h3-4,8-10,16H,5-7H2,1-2H3,(H,17,18)/t9-,10-/m0/s1. The maximum atomic E-state index is 12.2. The Kier molecular flexibility index (Phi) is 5.13. The quantitative estimate of drug-likeness (QED) is 0.841. The van der Waals surface area contributed by atoms with E-state index in [0.717, 1.165) is 30.0 Å². The predicted octanol–water partition coefficient (Wildman–Crippen LogP) is 3.39. The molecule has 2 atom stereocenters. The Balaban J connectivity index is 2.00. The van der Waals surface area contributed by atoms with Crippen LogP contribution >= 0.6 is 23.4 Å². The van der Waals surface area contributed by atoms with Crippen LogP contribution in [0.4, 0.5) is 5.69 Å². The van der Waals surface area contributed by atoms with Crippen LogP contribution in [-0.2, 0) is 4.79 Å². The fourth-order valence-corrected chi connectivity index (χ4v) is 3.23. The molecule has 1 aromatic carbocycles. The Hall–Kier alpha value is -0.710. The number of benzene rings is 1. The van der Waals surface area contributed by atoms with Gasteiger partial charge in [0, 0.05) is 22.5 Å². The Morgan fingerprint density at radius 1 is 1.53 bits per heavy atom. The van der Waals surface area contributed by atoms with Crippen molar-refractivity contribution in [2.24, 2.45) is 5.92 Å². The third-order valence-corrected chi connectivity index (χ3v) is 4.63. The van der Waals surface area contributed by atoms with E-state index in [9.17, 15) is 4.79 Å². The highest BCUT2D eigenvalue weighted by molar-refractivity contribution is 7.98. The fourth-order valence-electron chi connectivity index (χ4n) is 2.36. The lowest BCUT2D eigenvalue weighted by molar-refractivity contribution is -0.120. The molecule has 5 heteroatoms. The van der Waals surface area contributed by atoms with Crippen LogP contribution in [0, 0.1) is 5.92 Å². The molecule has 1 aliphatic heterocycles. The van der Waals surface area contributed by atoms with E-state index in [0.29, 0.717) is 11.1 Å². The lowest BCUT2D eigenvalue weighted by Crippen LogP contribution is -2.40. The normalized spacial score (nSPS) is 23.1. The molecule has 1 heterocycles. The summed E-state index contributed by atoms with van der Waals surface area (Å²) >= 11 is 7.74. The van der Waals surface area contributed by atoms with Crippen LogP contribution in [0.1, 0.15) is 19.8 Å². The molecule has 2 N–H and O–H groups in total. The number of piperidine rings is 1. The van der Waals surface area contributed by atoms with Crippen molar-refractivity contribution >= 4 is 35.0 Å². The molecule has 1 amide bonds. The molecule has 0 aromatic heterocycles. The molecule has 1 aromatic rings. The van der Waals surface area contributed by atoms with Crippen molar-refractivity contribution in [1.82, 2.24) is 5.32 Å². The predicted molar refractivity (Wildman–Crippen MR) is 82.1 cm³/mol. The summed E-state index contributed by atoms with van der Waals surface area (Å²) in [6.07, 6.45) is 3.77. The van der Waals surface area contributed by atoms with Crippen molar-refractivity contribution in [1.29, 1.82) is 0 Å². The van der Waals surface area contributed by atoms with E-state index in [2.05, 4.69) is 17.6 Å². The first-order valence-electron chi connectivity index (χ1n) is 6.48. The van der Waals surface area contributed by atoms with Crippen LogP contribution in [0.2, 0.25) is 5.02 Å². The summed E-state index contributed by atoms with van der Waals surface area (Å²) in [6, 6.07) is 6.07. The van der Waals surface area contributed by atoms with E-state index in [1.54, 1.807) is 11.8 Å². The van der Waals surface area contributed by atoms with Gasteiger partial charge in [-0.3, -0.25) is 4.79 Å². The molecule has 1 aliphatic rings. The number of carbonyl (C=O) groups is 1. The molecule has 0 radical (unpaired) electrons. The second kappa shape index (κ2) is 6.64. The van der Waals surface area contributed by atoms with Gasteiger partial charge < -0.3 is 10.6 Å². The highest BCUT2D eigenvalue weighted by Crippen LogP contribution is 2.28. The second-order valence-electron chi connectivity index (χ2n) is 4.92. The van der Waals surface area contributed by atoms with E-state index in [1.807, 2.05) is 24.5 Å². The minimum absolute atomic E-state index is 0.0928. The van der Waals surface area contributed by atoms with Crippen LogP contribution in [0.25, 0.3) is 0 Å². The highest BCUT2D eigenvalue weighted by atomic mass is 35.5. The second-order valence-corrected chi connectivity index (χ2v) is 6.17. The van der Waals surface area contributed by atoms with Gasteiger partial charge in [-0.2, -0.15) is 0 Å². The Bertz CT molecular complexity index is 467. The van der Waals surface area contributed by atoms with Crippen LogP contribution in [-0.4, -0.2) is 24.7 Å². The third-order valence-electron chi connectivity index (χ3n) is 3.41. The van der Waals surface area contributed by atoms with Crippen molar-refractivity contribution in [3.8, 4) is 0 Å². The van der Waals surface area contributed by atoms with Crippen molar-refractivity contribution in [2.45, 2.75) is 30.7 Å². The van der Waals surface area contributed by atoms with Gasteiger partial charge in [0.1, 0.15) is 0 Å². The summed E-state index contributed by atoms with van der Waals surface area (Å²) in [4.78, 5) is 13.2. The molecule has 0 aliphatic carbocycles. The largest absolute Gasteiger partial charge is 0.326 e.